The minimum absolute atomic E-state index is 0. The lowest BCUT2D eigenvalue weighted by atomic mass is 11.2. The summed E-state index contributed by atoms with van der Waals surface area (Å²) in [6.45, 7) is 0. The smallest absolute Gasteiger partial charge is 0.352 e. The highest BCUT2D eigenvalue weighted by Crippen LogP contribution is 2.25. The summed E-state index contributed by atoms with van der Waals surface area (Å²) in [7, 11) is -4.64. The van der Waals surface area contributed by atoms with Gasteiger partial charge < -0.3 is 26.1 Å². The van der Waals surface area contributed by atoms with Crippen LogP contribution in [-0.2, 0) is 4.57 Å². The van der Waals surface area contributed by atoms with Crippen LogP contribution in [0.5, 0.6) is 0 Å². The number of primary amides is 2. The van der Waals surface area contributed by atoms with E-state index in [0.717, 1.165) is 0 Å². The summed E-state index contributed by atoms with van der Waals surface area (Å²) in [6.07, 6.45) is 0. The Labute approximate surface area is 63.7 Å². The Morgan fingerprint density at radius 1 is 1.20 bits per heavy atom. The number of nitrogens with two attached hydrogens (primary N) is 2. The summed E-state index contributed by atoms with van der Waals surface area (Å²) in [5, 5.41) is 0. The molecule has 0 heterocycles. The topological polar surface area (TPSA) is 147 Å². The van der Waals surface area contributed by atoms with E-state index < -0.39 is 13.9 Å². The molecule has 0 aliphatic rings. The first-order valence-corrected chi connectivity index (χ1v) is 3.13. The zero-order valence-electron chi connectivity index (χ0n) is 4.76. The van der Waals surface area contributed by atoms with Crippen LogP contribution >= 0.6 is 21.3 Å². The Morgan fingerprint density at radius 3 is 1.20 bits per heavy atom. The van der Waals surface area contributed by atoms with Crippen LogP contribution in [0.2, 0.25) is 0 Å². The molecule has 9 heteroatoms. The van der Waals surface area contributed by atoms with Crippen molar-refractivity contribution >= 4 is 27.3 Å². The Balaban J connectivity index is -0.0000000910. The molecule has 10 heavy (non-hydrogen) atoms. The molecule has 0 aromatic heterocycles. The fourth-order valence-corrected chi connectivity index (χ4v) is 0. The van der Waals surface area contributed by atoms with Crippen LogP contribution < -0.4 is 11.5 Å². The van der Waals surface area contributed by atoms with Crippen molar-refractivity contribution in [3.8, 4) is 0 Å². The maximum Gasteiger partial charge on any atom is 0.466 e. The number of hydrogen-bond acceptors (Lipinski definition) is 2. The van der Waals surface area contributed by atoms with Crippen molar-refractivity contribution in [3.63, 3.8) is 0 Å². The lowest BCUT2D eigenvalue weighted by Gasteiger charge is -1.82. The lowest BCUT2D eigenvalue weighted by Crippen LogP contribution is -2.18. The average molecular weight is 192 g/mol. The minimum Gasteiger partial charge on any atom is -0.352 e. The van der Waals surface area contributed by atoms with E-state index in [1.807, 2.05) is 0 Å². The van der Waals surface area contributed by atoms with Crippen LogP contribution in [0.1, 0.15) is 0 Å². The molecule has 0 rings (SSSR count). The zero-order chi connectivity index (χ0) is 8.08. The molecule has 0 aromatic rings. The molecule has 0 unspecified atom stereocenters. The number of carbonyl (C=O) groups is 1. The Bertz CT molecular complexity index is 119. The Morgan fingerprint density at radius 2 is 1.20 bits per heavy atom. The second-order valence-electron chi connectivity index (χ2n) is 0.916. The van der Waals surface area contributed by atoms with E-state index >= 15 is 0 Å². The maximum absolute atomic E-state index is 9.00. The van der Waals surface area contributed by atoms with Crippen LogP contribution in [0.15, 0.2) is 0 Å². The van der Waals surface area contributed by atoms with Crippen LogP contribution in [0, 0.1) is 0 Å². The van der Waals surface area contributed by atoms with Crippen molar-refractivity contribution in [2.45, 2.75) is 0 Å². The van der Waals surface area contributed by atoms with Crippen LogP contribution in [-0.4, -0.2) is 20.7 Å². The summed E-state index contributed by atoms with van der Waals surface area (Å²) in [4.78, 5) is 30.6. The van der Waals surface area contributed by atoms with Gasteiger partial charge in [0.05, 0.1) is 0 Å². The van der Waals surface area contributed by atoms with E-state index in [-0.39, 0.29) is 13.5 Å². The summed E-state index contributed by atoms with van der Waals surface area (Å²) in [6, 6.07) is -0.833. The molecule has 0 saturated heterocycles. The summed E-state index contributed by atoms with van der Waals surface area (Å²) in [5.41, 5.74) is 8.50. The van der Waals surface area contributed by atoms with E-state index in [2.05, 4.69) is 11.5 Å². The fraction of sp³-hybridized carbons (Fsp3) is 0. The Kier molecular flexibility index (Phi) is 11.2. The monoisotopic (exact) mass is 192 g/mol. The molecule has 0 aromatic carbocycles. The van der Waals surface area contributed by atoms with Crippen molar-refractivity contribution in [1.29, 1.82) is 0 Å². The quantitative estimate of drug-likeness (QED) is 0.287. The molecular formula is CH9N2O5PS. The van der Waals surface area contributed by atoms with Gasteiger partial charge in [0, 0.05) is 0 Å². The first-order chi connectivity index (χ1) is 3.73. The van der Waals surface area contributed by atoms with Gasteiger partial charge in [-0.2, -0.15) is 13.5 Å². The molecule has 64 valence electrons. The second-order valence-corrected chi connectivity index (χ2v) is 1.94. The molecule has 0 saturated carbocycles. The van der Waals surface area contributed by atoms with Gasteiger partial charge in [0.15, 0.2) is 0 Å². The molecule has 0 fully saturated rings. The number of carbonyl (C=O) groups excluding carboxylic acids is 1. The third kappa shape index (κ3) is 4800. The van der Waals surface area contributed by atoms with Crippen molar-refractivity contribution in [2.75, 3.05) is 0 Å². The predicted molar refractivity (Wildman–Crippen MR) is 38.4 cm³/mol. The number of phosphoric acid groups is 1. The zero-order valence-corrected chi connectivity index (χ0v) is 6.65. The van der Waals surface area contributed by atoms with Crippen LogP contribution in [0.4, 0.5) is 4.79 Å². The van der Waals surface area contributed by atoms with Gasteiger partial charge in [-0.05, 0) is 0 Å². The molecule has 7 N–H and O–H groups in total. The van der Waals surface area contributed by atoms with Crippen molar-refractivity contribution in [3.05, 3.63) is 0 Å². The normalized spacial score (nSPS) is 8.30. The summed E-state index contributed by atoms with van der Waals surface area (Å²) < 4.78 is 8.88. The largest absolute Gasteiger partial charge is 0.466 e. The van der Waals surface area contributed by atoms with Gasteiger partial charge in [-0.1, -0.05) is 0 Å². The van der Waals surface area contributed by atoms with Crippen molar-refractivity contribution in [2.24, 2.45) is 11.5 Å². The molecule has 0 atom stereocenters. The highest BCUT2D eigenvalue weighted by molar-refractivity contribution is 7.59. The molecular weight excluding hydrogens is 183 g/mol. The third-order valence-corrected chi connectivity index (χ3v) is 0. The fourth-order valence-electron chi connectivity index (χ4n) is 0. The van der Waals surface area contributed by atoms with Crippen LogP contribution in [0.3, 0.4) is 0 Å². The number of rotatable bonds is 0. The van der Waals surface area contributed by atoms with Gasteiger partial charge in [-0.25, -0.2) is 9.36 Å². The molecule has 0 aliphatic heterocycles. The Hall–Kier alpha value is -0.270. The summed E-state index contributed by atoms with van der Waals surface area (Å²) in [5.74, 6) is 0. The van der Waals surface area contributed by atoms with Gasteiger partial charge in [-0.15, -0.1) is 0 Å². The van der Waals surface area contributed by atoms with Crippen molar-refractivity contribution in [1.82, 2.24) is 0 Å². The molecule has 2 amide bonds. The lowest BCUT2D eigenvalue weighted by molar-refractivity contribution is 0.256. The van der Waals surface area contributed by atoms with Gasteiger partial charge in [-0.3, -0.25) is 0 Å². The first kappa shape index (κ1) is 16.4. The summed E-state index contributed by atoms with van der Waals surface area (Å²) >= 11 is 0. The van der Waals surface area contributed by atoms with E-state index in [1.54, 1.807) is 0 Å². The second kappa shape index (κ2) is 6.84. The van der Waals surface area contributed by atoms with Gasteiger partial charge in [0.1, 0.15) is 0 Å². The standard InChI is InChI=1S/CH4N2O.H3O4P.H2S/c2-1(3)4;1-5(2,3)4;/h(H4,2,3,4);(H3,1,2,3,4);1H2. The number of hydrogen-bond donors (Lipinski definition) is 5. The highest BCUT2D eigenvalue weighted by Gasteiger charge is 2.00. The maximum atomic E-state index is 9.00. The van der Waals surface area contributed by atoms with E-state index in [9.17, 15) is 0 Å². The molecule has 0 spiro atoms. The number of urea groups is 1. The average Bonchev–Trinajstić information content (AvgIpc) is 1.19. The molecule has 0 radical (unpaired) electrons. The van der Waals surface area contributed by atoms with E-state index in [0.29, 0.717) is 0 Å². The number of amides is 2. The molecule has 7 nitrogen and oxygen atoms in total. The minimum atomic E-state index is -4.64. The highest BCUT2D eigenvalue weighted by atomic mass is 32.1. The van der Waals surface area contributed by atoms with Gasteiger partial charge in [0.2, 0.25) is 0 Å². The van der Waals surface area contributed by atoms with Crippen LogP contribution in [0.25, 0.3) is 0 Å². The predicted octanol–water partition coefficient (Wildman–Crippen LogP) is -1.79. The molecule has 0 bridgehead atoms. The van der Waals surface area contributed by atoms with Gasteiger partial charge in [0.25, 0.3) is 0 Å². The van der Waals surface area contributed by atoms with Gasteiger partial charge >= 0.3 is 13.9 Å². The SMILES string of the molecule is NC(N)=O.O=P(O)(O)O.S. The third-order valence-electron chi connectivity index (χ3n) is 0. The van der Waals surface area contributed by atoms with Crippen molar-refractivity contribution < 1.29 is 24.0 Å². The first-order valence-electron chi connectivity index (χ1n) is 1.56. The molecule has 0 aliphatic carbocycles. The van der Waals surface area contributed by atoms with E-state index in [4.69, 9.17) is 24.0 Å². The van der Waals surface area contributed by atoms with E-state index in [1.165, 1.54) is 0 Å².